The van der Waals surface area contributed by atoms with Crippen LogP contribution in [-0.2, 0) is 6.67 Å². The number of aromatic nitrogens is 4. The van der Waals surface area contributed by atoms with Crippen LogP contribution >= 0.6 is 0 Å². The van der Waals surface area contributed by atoms with Crippen molar-refractivity contribution in [3.05, 3.63) is 24.0 Å². The second-order valence-corrected chi connectivity index (χ2v) is 5.96. The van der Waals surface area contributed by atoms with Crippen LogP contribution in [0, 0.1) is 0 Å². The summed E-state index contributed by atoms with van der Waals surface area (Å²) >= 11 is 0. The van der Waals surface area contributed by atoms with E-state index >= 15 is 0 Å². The lowest BCUT2D eigenvalue weighted by atomic mass is 9.91. The summed E-state index contributed by atoms with van der Waals surface area (Å²) in [5, 5.41) is 5.80. The second kappa shape index (κ2) is 6.69. The number of nitrogens with zero attached hydrogens (tertiary/aromatic N) is 4. The van der Waals surface area contributed by atoms with Crippen molar-refractivity contribution in [3.8, 4) is 11.8 Å². The van der Waals surface area contributed by atoms with E-state index in [2.05, 4.69) is 15.1 Å². The number of ether oxygens (including phenoxy) is 1. The van der Waals surface area contributed by atoms with E-state index in [0.29, 0.717) is 0 Å². The van der Waals surface area contributed by atoms with E-state index in [1.807, 2.05) is 5.32 Å². The van der Waals surface area contributed by atoms with Crippen molar-refractivity contribution in [2.24, 2.45) is 0 Å². The third-order valence-corrected chi connectivity index (χ3v) is 3.77. The Morgan fingerprint density at radius 3 is 2.65 bits per heavy atom. The fourth-order valence-electron chi connectivity index (χ4n) is 2.32. The predicted molar refractivity (Wildman–Crippen MR) is 81.4 cm³/mol. The first kappa shape index (κ1) is 18.3. The van der Waals surface area contributed by atoms with Crippen LogP contribution in [0.4, 0.5) is 27.8 Å². The van der Waals surface area contributed by atoms with Crippen molar-refractivity contribution < 1.29 is 26.7 Å². The molecule has 1 N–H and O–H groups in total. The van der Waals surface area contributed by atoms with Gasteiger partial charge in [0.25, 0.3) is 11.9 Å². The molecule has 2 aromatic rings. The highest BCUT2D eigenvalue weighted by Crippen LogP contribution is 2.39. The first-order chi connectivity index (χ1) is 12.2. The summed E-state index contributed by atoms with van der Waals surface area (Å²) in [5.41, 5.74) is 0.104. The maximum absolute atomic E-state index is 13.6. The Hall–Kier alpha value is -2.46. The van der Waals surface area contributed by atoms with Crippen LogP contribution < -0.4 is 10.1 Å². The maximum atomic E-state index is 13.6. The van der Waals surface area contributed by atoms with Crippen LogP contribution in [-0.4, -0.2) is 37.8 Å². The maximum Gasteiger partial charge on any atom is 0.324 e. The Balaban J connectivity index is 1.88. The van der Waals surface area contributed by atoms with Gasteiger partial charge in [0.2, 0.25) is 5.88 Å². The molecule has 6 nitrogen and oxygen atoms in total. The first-order valence-corrected chi connectivity index (χ1v) is 7.90. The molecule has 0 saturated heterocycles. The van der Waals surface area contributed by atoms with Crippen molar-refractivity contribution >= 4 is 5.82 Å². The van der Waals surface area contributed by atoms with Gasteiger partial charge in [-0.15, -0.1) is 0 Å². The molecule has 0 aromatic carbocycles. The van der Waals surface area contributed by atoms with Gasteiger partial charge in [-0.05, 0) is 6.07 Å². The summed E-state index contributed by atoms with van der Waals surface area (Å²) < 4.78 is 72.2. The average molecular weight is 377 g/mol. The minimum atomic E-state index is -3.24. The van der Waals surface area contributed by atoms with E-state index in [0.717, 1.165) is 10.7 Å². The molecule has 1 aliphatic carbocycles. The van der Waals surface area contributed by atoms with Gasteiger partial charge in [-0.1, -0.05) is 6.92 Å². The quantitative estimate of drug-likeness (QED) is 0.589. The zero-order chi connectivity index (χ0) is 18.9. The van der Waals surface area contributed by atoms with Gasteiger partial charge >= 0.3 is 6.05 Å². The van der Waals surface area contributed by atoms with Crippen LogP contribution in [0.1, 0.15) is 31.9 Å². The highest BCUT2D eigenvalue weighted by Gasteiger charge is 2.47. The molecule has 11 heteroatoms. The van der Waals surface area contributed by atoms with E-state index in [9.17, 15) is 22.0 Å². The van der Waals surface area contributed by atoms with Crippen molar-refractivity contribution in [2.45, 2.75) is 50.9 Å². The molecule has 1 saturated carbocycles. The lowest BCUT2D eigenvalue weighted by Gasteiger charge is -2.34. The number of halogens is 5. The highest BCUT2D eigenvalue weighted by molar-refractivity contribution is 5.42. The summed E-state index contributed by atoms with van der Waals surface area (Å²) in [6.07, 6.45) is -0.869. The van der Waals surface area contributed by atoms with Gasteiger partial charge in [0.1, 0.15) is 18.6 Å². The number of nitrogens with one attached hydrogen (secondary N) is 1. The van der Waals surface area contributed by atoms with E-state index in [4.69, 9.17) is 4.74 Å². The summed E-state index contributed by atoms with van der Waals surface area (Å²) in [5.74, 6) is -3.36. The van der Waals surface area contributed by atoms with Crippen molar-refractivity contribution in [2.75, 3.05) is 5.32 Å². The number of alkyl halides is 5. The lowest BCUT2D eigenvalue weighted by molar-refractivity contribution is -0.135. The van der Waals surface area contributed by atoms with Crippen molar-refractivity contribution in [1.82, 2.24) is 19.7 Å². The highest BCUT2D eigenvalue weighted by atomic mass is 19.3. The Morgan fingerprint density at radius 1 is 1.35 bits per heavy atom. The van der Waals surface area contributed by atoms with Gasteiger partial charge in [-0.25, -0.2) is 17.9 Å². The standard InChI is InChI=1S/C15H16F5N5O/c1-2-15(19,20)23-11-5-12(26-10-6-14(17,18)7-10)22-13(21-11)25-4-3-9(8-16)24-25/h3-5,10H,2,6-8H2,1H3,(H,21,22,23). The number of hydrogen-bond acceptors (Lipinski definition) is 5. The van der Waals surface area contributed by atoms with Crippen molar-refractivity contribution in [3.63, 3.8) is 0 Å². The molecule has 142 valence electrons. The topological polar surface area (TPSA) is 64.9 Å². The summed E-state index contributed by atoms with van der Waals surface area (Å²) in [7, 11) is 0. The molecule has 1 fully saturated rings. The first-order valence-electron chi connectivity index (χ1n) is 7.90. The van der Waals surface area contributed by atoms with Gasteiger partial charge in [0, 0.05) is 31.5 Å². The largest absolute Gasteiger partial charge is 0.474 e. The molecule has 2 aromatic heterocycles. The summed E-state index contributed by atoms with van der Waals surface area (Å²) in [6.45, 7) is 0.462. The predicted octanol–water partition coefficient (Wildman–Crippen LogP) is 3.72. The van der Waals surface area contributed by atoms with Crippen LogP contribution in [0.15, 0.2) is 18.3 Å². The third-order valence-electron chi connectivity index (χ3n) is 3.77. The Kier molecular flexibility index (Phi) is 4.72. The molecule has 26 heavy (non-hydrogen) atoms. The number of rotatable bonds is 7. The van der Waals surface area contributed by atoms with E-state index in [1.165, 1.54) is 19.2 Å². The number of hydrogen-bond donors (Lipinski definition) is 1. The van der Waals surface area contributed by atoms with Crippen LogP contribution in [0.5, 0.6) is 5.88 Å². The van der Waals surface area contributed by atoms with E-state index in [1.54, 1.807) is 0 Å². The van der Waals surface area contributed by atoms with Crippen molar-refractivity contribution in [1.29, 1.82) is 0 Å². The molecular weight excluding hydrogens is 361 g/mol. The molecule has 0 amide bonds. The zero-order valence-corrected chi connectivity index (χ0v) is 13.7. The molecule has 0 atom stereocenters. The Labute approximate surface area is 145 Å². The molecule has 0 radical (unpaired) electrons. The molecule has 0 spiro atoms. The van der Waals surface area contributed by atoms with Gasteiger partial charge in [-0.2, -0.15) is 23.8 Å². The van der Waals surface area contributed by atoms with E-state index < -0.39 is 44.0 Å². The minimum absolute atomic E-state index is 0.104. The van der Waals surface area contributed by atoms with Gasteiger partial charge in [0.05, 0.1) is 5.69 Å². The molecule has 3 rings (SSSR count). The fourth-order valence-corrected chi connectivity index (χ4v) is 2.32. The summed E-state index contributed by atoms with van der Waals surface area (Å²) in [4.78, 5) is 7.90. The van der Waals surface area contributed by atoms with E-state index in [-0.39, 0.29) is 23.3 Å². The monoisotopic (exact) mass is 377 g/mol. The fraction of sp³-hybridized carbons (Fsp3) is 0.533. The molecule has 0 bridgehead atoms. The molecule has 1 aliphatic rings. The molecule has 2 heterocycles. The Bertz CT molecular complexity index is 774. The second-order valence-electron chi connectivity index (χ2n) is 5.96. The third kappa shape index (κ3) is 4.20. The average Bonchev–Trinajstić information content (AvgIpc) is 3.01. The smallest absolute Gasteiger partial charge is 0.324 e. The molecular formula is C15H16F5N5O. The van der Waals surface area contributed by atoms with Crippen LogP contribution in [0.2, 0.25) is 0 Å². The number of anilines is 1. The normalized spacial score (nSPS) is 17.0. The van der Waals surface area contributed by atoms with Gasteiger partial charge in [-0.3, -0.25) is 0 Å². The Morgan fingerprint density at radius 2 is 2.08 bits per heavy atom. The molecule has 0 unspecified atom stereocenters. The molecule has 0 aliphatic heterocycles. The summed E-state index contributed by atoms with van der Waals surface area (Å²) in [6, 6.07) is -0.763. The van der Waals surface area contributed by atoms with Crippen LogP contribution in [0.25, 0.3) is 5.95 Å². The zero-order valence-electron chi connectivity index (χ0n) is 13.7. The SMILES string of the molecule is CCC(F)(F)Nc1cc(OC2CC(F)(F)C2)nc(-n2ccc(CF)n2)n1. The van der Waals surface area contributed by atoms with Gasteiger partial charge in [0.15, 0.2) is 0 Å². The lowest BCUT2D eigenvalue weighted by Crippen LogP contribution is -2.43. The van der Waals surface area contributed by atoms with Gasteiger partial charge < -0.3 is 10.1 Å². The minimum Gasteiger partial charge on any atom is -0.474 e. The van der Waals surface area contributed by atoms with Crippen LogP contribution in [0.3, 0.4) is 0 Å².